The molecule has 3 N–H and O–H groups in total. The molecule has 6 aliphatic heterocycles. The van der Waals surface area contributed by atoms with Crippen molar-refractivity contribution in [1.29, 1.82) is 0 Å². The van der Waals surface area contributed by atoms with E-state index in [9.17, 15) is 28.8 Å². The number of anilines is 2. The maximum atomic E-state index is 13.3. The highest BCUT2D eigenvalue weighted by Crippen LogP contribution is 2.34. The number of aromatic nitrogens is 2. The summed E-state index contributed by atoms with van der Waals surface area (Å²) in [4.78, 5) is 96.6. The number of imide groups is 2. The number of urea groups is 1. The molecule has 16 nitrogen and oxygen atoms in total. The molecule has 296 valence electrons. The number of rotatable bonds is 9. The highest BCUT2D eigenvalue weighted by Gasteiger charge is 2.45. The lowest BCUT2D eigenvalue weighted by Crippen LogP contribution is -2.54. The van der Waals surface area contributed by atoms with Crippen LogP contribution in [0.2, 0.25) is 0 Å². The van der Waals surface area contributed by atoms with E-state index >= 15 is 0 Å². The van der Waals surface area contributed by atoms with Gasteiger partial charge in [-0.2, -0.15) is 0 Å². The van der Waals surface area contributed by atoms with Gasteiger partial charge in [0.15, 0.2) is 0 Å². The Balaban J connectivity index is 0.807. The van der Waals surface area contributed by atoms with Gasteiger partial charge in [0.1, 0.15) is 17.6 Å². The van der Waals surface area contributed by atoms with Crippen molar-refractivity contribution in [3.8, 4) is 0 Å². The highest BCUT2D eigenvalue weighted by molar-refractivity contribution is 6.23. The van der Waals surface area contributed by atoms with Crippen molar-refractivity contribution in [3.05, 3.63) is 81.8 Å². The predicted molar refractivity (Wildman–Crippen MR) is 208 cm³/mol. The van der Waals surface area contributed by atoms with Crippen LogP contribution in [-0.4, -0.2) is 137 Å². The second-order valence-electron chi connectivity index (χ2n) is 16.2. The summed E-state index contributed by atoms with van der Waals surface area (Å²) >= 11 is 0. The second-order valence-corrected chi connectivity index (χ2v) is 16.2. The van der Waals surface area contributed by atoms with Crippen molar-refractivity contribution >= 4 is 47.1 Å². The number of primary amides is 1. The molecule has 3 aromatic rings. The third kappa shape index (κ3) is 6.85. The van der Waals surface area contributed by atoms with Crippen molar-refractivity contribution in [2.24, 2.45) is 11.7 Å². The summed E-state index contributed by atoms with van der Waals surface area (Å²) in [5.41, 5.74) is 11.5. The molecule has 1 unspecified atom stereocenters. The van der Waals surface area contributed by atoms with Gasteiger partial charge in [-0.05, 0) is 60.6 Å². The quantitative estimate of drug-likeness (QED) is 0.300. The van der Waals surface area contributed by atoms with E-state index in [0.29, 0.717) is 36.0 Å². The Kier molecular flexibility index (Phi) is 9.38. The zero-order valence-electron chi connectivity index (χ0n) is 32.0. The van der Waals surface area contributed by atoms with Gasteiger partial charge in [0.05, 0.1) is 29.1 Å². The average Bonchev–Trinajstić information content (AvgIpc) is 3.65. The van der Waals surface area contributed by atoms with Crippen molar-refractivity contribution in [2.45, 2.75) is 57.2 Å². The number of benzene rings is 2. The van der Waals surface area contributed by atoms with Gasteiger partial charge in [0, 0.05) is 90.4 Å². The molecule has 7 amide bonds. The summed E-state index contributed by atoms with van der Waals surface area (Å²) < 4.78 is 0. The minimum absolute atomic E-state index is 0.0673. The van der Waals surface area contributed by atoms with E-state index in [1.807, 2.05) is 18.0 Å². The van der Waals surface area contributed by atoms with Gasteiger partial charge in [-0.25, -0.2) is 14.8 Å². The molecule has 0 radical (unpaired) electrons. The molecule has 0 spiro atoms. The van der Waals surface area contributed by atoms with Gasteiger partial charge in [0.25, 0.3) is 17.7 Å². The third-order valence-corrected chi connectivity index (χ3v) is 12.5. The molecule has 4 fully saturated rings. The number of likely N-dealkylation sites (N-methyl/N-ethyl adjacent to an activating group) is 1. The van der Waals surface area contributed by atoms with E-state index in [2.05, 4.69) is 43.2 Å². The van der Waals surface area contributed by atoms with Crippen LogP contribution < -0.4 is 20.9 Å². The Morgan fingerprint density at radius 3 is 2.47 bits per heavy atom. The second kappa shape index (κ2) is 14.6. The van der Waals surface area contributed by atoms with E-state index in [0.717, 1.165) is 87.8 Å². The van der Waals surface area contributed by atoms with Crippen LogP contribution in [0.4, 0.5) is 16.3 Å². The van der Waals surface area contributed by atoms with E-state index in [1.54, 1.807) is 23.2 Å². The van der Waals surface area contributed by atoms with Crippen LogP contribution in [0.5, 0.6) is 0 Å². The lowest BCUT2D eigenvalue weighted by Gasteiger charge is -2.44. The lowest BCUT2D eigenvalue weighted by atomic mass is 9.93. The predicted octanol–water partition coefficient (Wildman–Crippen LogP) is 1.40. The first-order valence-electron chi connectivity index (χ1n) is 19.9. The third-order valence-electron chi connectivity index (χ3n) is 12.5. The number of hydrogen-bond donors (Lipinski definition) is 2. The standard InChI is InChI=1S/C41H46N10O6/c1-46-13-14-50(41(46)57)29-3-2-11-48(23-29)34-18-43-36(37(42)53)32(44-34)16-24-4-5-27-22-47(12-10-26(27)15-24)19-25-20-49(21-25)28-6-7-30-31(17-28)40(56)51(39(30)55)33-8-9-35(52)45-38(33)54/h4-7,15,17-18,25,29,33H,2-3,8-14,16,19-23H2,1H3,(H2,42,53)(H,45,52,54)/t29-,33?/m0/s1. The fourth-order valence-electron chi connectivity index (χ4n) is 9.36. The summed E-state index contributed by atoms with van der Waals surface area (Å²) in [5, 5.41) is 2.24. The van der Waals surface area contributed by atoms with Gasteiger partial charge >= 0.3 is 6.03 Å². The molecule has 9 rings (SSSR count). The van der Waals surface area contributed by atoms with Crippen molar-refractivity contribution in [3.63, 3.8) is 0 Å². The molecule has 0 saturated carbocycles. The van der Waals surface area contributed by atoms with Gasteiger partial charge in [-0.1, -0.05) is 18.2 Å². The summed E-state index contributed by atoms with van der Waals surface area (Å²) in [7, 11) is 1.84. The Morgan fingerprint density at radius 2 is 1.70 bits per heavy atom. The summed E-state index contributed by atoms with van der Waals surface area (Å²) in [6, 6.07) is 10.9. The van der Waals surface area contributed by atoms with Crippen molar-refractivity contribution < 1.29 is 28.8 Å². The maximum Gasteiger partial charge on any atom is 0.320 e. The summed E-state index contributed by atoms with van der Waals surface area (Å²) in [6.07, 6.45) is 5.05. The minimum Gasteiger partial charge on any atom is -0.371 e. The van der Waals surface area contributed by atoms with E-state index in [-0.39, 0.29) is 36.2 Å². The number of nitrogens with two attached hydrogens (primary N) is 1. The number of amides is 7. The molecule has 1 aromatic heterocycles. The van der Waals surface area contributed by atoms with Crippen LogP contribution in [0.3, 0.4) is 0 Å². The SMILES string of the molecule is CN1CCN([C@H]2CCCN(c3cnc(C(N)=O)c(Cc4ccc5c(c4)CCN(CC4CN(c6ccc7c(c6)C(=O)N(C6CCC(=O)NC6=O)C7=O)C4)C5)n3)C2)C1=O. The molecule has 16 heteroatoms. The average molecular weight is 775 g/mol. The van der Waals surface area contributed by atoms with Gasteiger partial charge < -0.3 is 25.3 Å². The molecule has 6 aliphatic rings. The van der Waals surface area contributed by atoms with Gasteiger partial charge in [0.2, 0.25) is 11.8 Å². The first-order valence-corrected chi connectivity index (χ1v) is 19.9. The highest BCUT2D eigenvalue weighted by atomic mass is 16.2. The molecule has 2 aromatic carbocycles. The number of nitrogens with one attached hydrogen (secondary N) is 1. The molecule has 2 atom stereocenters. The lowest BCUT2D eigenvalue weighted by molar-refractivity contribution is -0.136. The molecule has 7 heterocycles. The summed E-state index contributed by atoms with van der Waals surface area (Å²) in [5.74, 6) is -1.47. The van der Waals surface area contributed by atoms with Crippen LogP contribution in [0.1, 0.15) is 79.3 Å². The molecule has 57 heavy (non-hydrogen) atoms. The molecule has 4 saturated heterocycles. The van der Waals surface area contributed by atoms with E-state index in [1.165, 1.54) is 11.1 Å². The number of carbonyl (C=O) groups excluding carboxylic acids is 6. The Labute approximate surface area is 329 Å². The van der Waals surface area contributed by atoms with E-state index in [4.69, 9.17) is 10.7 Å². The zero-order chi connectivity index (χ0) is 39.5. The fraction of sp³-hybridized carbons (Fsp3) is 0.463. The van der Waals surface area contributed by atoms with Gasteiger partial charge in [-0.3, -0.25) is 39.1 Å². The fourth-order valence-corrected chi connectivity index (χ4v) is 9.36. The number of hydrogen-bond acceptors (Lipinski definition) is 11. The number of fused-ring (bicyclic) bond motifs is 2. The van der Waals surface area contributed by atoms with Crippen molar-refractivity contribution in [1.82, 2.24) is 34.9 Å². The van der Waals surface area contributed by atoms with Crippen LogP contribution in [0, 0.1) is 5.92 Å². The van der Waals surface area contributed by atoms with Crippen LogP contribution in [0.15, 0.2) is 42.6 Å². The van der Waals surface area contributed by atoms with Crippen LogP contribution in [-0.2, 0) is 29.0 Å². The topological polar surface area (TPSA) is 186 Å². The molecule has 0 bridgehead atoms. The molecule has 0 aliphatic carbocycles. The monoisotopic (exact) mass is 774 g/mol. The Morgan fingerprint density at radius 1 is 0.877 bits per heavy atom. The first kappa shape index (κ1) is 36.7. The smallest absolute Gasteiger partial charge is 0.320 e. The zero-order valence-corrected chi connectivity index (χ0v) is 32.0. The molecular weight excluding hydrogens is 729 g/mol. The Hall–Kier alpha value is -5.90. The molecular formula is C41H46N10O6. The number of carbonyl (C=O) groups is 6. The van der Waals surface area contributed by atoms with Gasteiger partial charge in [-0.15, -0.1) is 0 Å². The maximum absolute atomic E-state index is 13.3. The van der Waals surface area contributed by atoms with E-state index < -0.39 is 35.6 Å². The summed E-state index contributed by atoms with van der Waals surface area (Å²) in [6.45, 7) is 7.28. The van der Waals surface area contributed by atoms with Crippen molar-refractivity contribution in [2.75, 3.05) is 69.2 Å². The number of nitrogens with zero attached hydrogens (tertiary/aromatic N) is 8. The largest absolute Gasteiger partial charge is 0.371 e. The normalized spacial score (nSPS) is 22.9. The van der Waals surface area contributed by atoms with Crippen LogP contribution >= 0.6 is 0 Å². The first-order chi connectivity index (χ1) is 27.5. The minimum atomic E-state index is -0.981. The van der Waals surface area contributed by atoms with Crippen LogP contribution in [0.25, 0.3) is 0 Å². The number of piperidine rings is 2. The Bertz CT molecular complexity index is 2210.